The zero-order valence-electron chi connectivity index (χ0n) is 12.3. The first-order valence-corrected chi connectivity index (χ1v) is 7.50. The topological polar surface area (TPSA) is 81.9 Å². The summed E-state index contributed by atoms with van der Waals surface area (Å²) in [6, 6.07) is 4.20. The molecule has 0 spiro atoms. The van der Waals surface area contributed by atoms with Gasteiger partial charge in [0.25, 0.3) is 0 Å². The molecule has 0 bridgehead atoms. The van der Waals surface area contributed by atoms with Crippen molar-refractivity contribution >= 4 is 5.91 Å². The van der Waals surface area contributed by atoms with Crippen LogP contribution < -0.4 is 10.1 Å². The van der Waals surface area contributed by atoms with E-state index in [9.17, 15) is 4.79 Å². The molecule has 3 rings (SSSR count). The zero-order valence-corrected chi connectivity index (χ0v) is 12.3. The monoisotopic (exact) mass is 301 g/mol. The summed E-state index contributed by atoms with van der Waals surface area (Å²) in [7, 11) is 0. The fraction of sp³-hybridized carbons (Fsp3) is 0.467. The molecule has 1 saturated carbocycles. The lowest BCUT2D eigenvalue weighted by Crippen LogP contribution is -2.41. The number of aromatic nitrogens is 4. The van der Waals surface area contributed by atoms with E-state index < -0.39 is 0 Å². The van der Waals surface area contributed by atoms with Crippen molar-refractivity contribution in [2.45, 2.75) is 44.4 Å². The number of nitrogens with one attached hydrogen (secondary N) is 1. The van der Waals surface area contributed by atoms with E-state index in [0.29, 0.717) is 6.01 Å². The molecule has 0 radical (unpaired) electrons. The predicted octanol–water partition coefficient (Wildman–Crippen LogP) is 1.18. The zero-order chi connectivity index (χ0) is 15.2. The molecule has 1 fully saturated rings. The Morgan fingerprint density at radius 3 is 2.64 bits per heavy atom. The Balaban J connectivity index is 1.41. The van der Waals surface area contributed by atoms with Gasteiger partial charge < -0.3 is 10.1 Å². The van der Waals surface area contributed by atoms with Crippen LogP contribution in [0.1, 0.15) is 25.7 Å². The number of hydrogen-bond acceptors (Lipinski definition) is 5. The minimum Gasteiger partial charge on any atom is -0.460 e. The molecule has 0 saturated heterocycles. The van der Waals surface area contributed by atoms with Crippen molar-refractivity contribution in [3.05, 3.63) is 36.9 Å². The van der Waals surface area contributed by atoms with E-state index in [2.05, 4.69) is 20.4 Å². The van der Waals surface area contributed by atoms with Crippen molar-refractivity contribution in [3.63, 3.8) is 0 Å². The van der Waals surface area contributed by atoms with Crippen LogP contribution >= 0.6 is 0 Å². The van der Waals surface area contributed by atoms with Gasteiger partial charge >= 0.3 is 6.01 Å². The molecule has 0 aliphatic heterocycles. The van der Waals surface area contributed by atoms with Gasteiger partial charge in [0.1, 0.15) is 12.6 Å². The number of hydrogen-bond donors (Lipinski definition) is 1. The molecular formula is C15H19N5O2. The summed E-state index contributed by atoms with van der Waals surface area (Å²) in [6.45, 7) is 0.265. The number of amides is 1. The molecule has 7 nitrogen and oxygen atoms in total. The van der Waals surface area contributed by atoms with Crippen LogP contribution in [0.25, 0.3) is 0 Å². The SMILES string of the molecule is O=C(Cn1cccn1)NC1CCC(Oc2ncccn2)CC1. The van der Waals surface area contributed by atoms with E-state index in [4.69, 9.17) is 4.74 Å². The second-order valence-electron chi connectivity index (χ2n) is 5.39. The third-order valence-electron chi connectivity index (χ3n) is 3.72. The average Bonchev–Trinajstić information content (AvgIpc) is 3.03. The molecule has 1 N–H and O–H groups in total. The van der Waals surface area contributed by atoms with Crippen LogP contribution in [0.4, 0.5) is 0 Å². The quantitative estimate of drug-likeness (QED) is 0.896. The van der Waals surface area contributed by atoms with Crippen LogP contribution in [0.15, 0.2) is 36.9 Å². The summed E-state index contributed by atoms with van der Waals surface area (Å²) in [5.74, 6) is -0.000499. The third-order valence-corrected chi connectivity index (χ3v) is 3.72. The highest BCUT2D eigenvalue weighted by Gasteiger charge is 2.24. The van der Waals surface area contributed by atoms with Crippen LogP contribution in [0.2, 0.25) is 0 Å². The summed E-state index contributed by atoms with van der Waals surface area (Å²) >= 11 is 0. The molecule has 1 amide bonds. The summed E-state index contributed by atoms with van der Waals surface area (Å²) < 4.78 is 7.37. The molecular weight excluding hydrogens is 282 g/mol. The normalized spacial score (nSPS) is 21.3. The molecule has 7 heteroatoms. The maximum absolute atomic E-state index is 11.9. The highest BCUT2D eigenvalue weighted by molar-refractivity contribution is 5.75. The van der Waals surface area contributed by atoms with Gasteiger partial charge in [-0.15, -0.1) is 0 Å². The lowest BCUT2D eigenvalue weighted by atomic mass is 9.93. The minimum atomic E-state index is -0.000499. The van der Waals surface area contributed by atoms with Gasteiger partial charge in [-0.05, 0) is 37.8 Å². The van der Waals surface area contributed by atoms with E-state index in [1.54, 1.807) is 35.5 Å². The lowest BCUT2D eigenvalue weighted by molar-refractivity contribution is -0.122. The first-order chi connectivity index (χ1) is 10.8. The summed E-state index contributed by atoms with van der Waals surface area (Å²) in [5.41, 5.74) is 0. The highest BCUT2D eigenvalue weighted by Crippen LogP contribution is 2.21. The van der Waals surface area contributed by atoms with Crippen molar-refractivity contribution < 1.29 is 9.53 Å². The van der Waals surface area contributed by atoms with E-state index in [0.717, 1.165) is 25.7 Å². The number of carbonyl (C=O) groups excluding carboxylic acids is 1. The van der Waals surface area contributed by atoms with Gasteiger partial charge in [0, 0.05) is 30.8 Å². The molecule has 1 aliphatic rings. The van der Waals surface area contributed by atoms with Gasteiger partial charge in [-0.3, -0.25) is 9.48 Å². The highest BCUT2D eigenvalue weighted by atomic mass is 16.5. The van der Waals surface area contributed by atoms with Gasteiger partial charge in [-0.2, -0.15) is 5.10 Å². The number of carbonyl (C=O) groups is 1. The largest absolute Gasteiger partial charge is 0.460 e. The van der Waals surface area contributed by atoms with Crippen LogP contribution in [-0.2, 0) is 11.3 Å². The summed E-state index contributed by atoms with van der Waals surface area (Å²) in [4.78, 5) is 20.1. The smallest absolute Gasteiger partial charge is 0.316 e. The Hall–Kier alpha value is -2.44. The third kappa shape index (κ3) is 4.03. The standard InChI is InChI=1S/C15H19N5O2/c21-14(11-20-10-2-9-18-20)19-12-3-5-13(6-4-12)22-15-16-7-1-8-17-15/h1-2,7-10,12-13H,3-6,11H2,(H,19,21). The fourth-order valence-electron chi connectivity index (χ4n) is 2.63. The van der Waals surface area contributed by atoms with Crippen molar-refractivity contribution in [1.82, 2.24) is 25.1 Å². The molecule has 1 aliphatic carbocycles. The van der Waals surface area contributed by atoms with E-state index >= 15 is 0 Å². The first-order valence-electron chi connectivity index (χ1n) is 7.50. The fourth-order valence-corrected chi connectivity index (χ4v) is 2.63. The Bertz CT molecular complexity index is 579. The Morgan fingerprint density at radius 1 is 1.18 bits per heavy atom. The van der Waals surface area contributed by atoms with Crippen LogP contribution in [0.3, 0.4) is 0 Å². The second-order valence-corrected chi connectivity index (χ2v) is 5.39. The van der Waals surface area contributed by atoms with Gasteiger partial charge in [0.2, 0.25) is 5.91 Å². The van der Waals surface area contributed by atoms with E-state index in [-0.39, 0.29) is 24.6 Å². The Labute approximate surface area is 128 Å². The van der Waals surface area contributed by atoms with Gasteiger partial charge in [0.05, 0.1) is 0 Å². The Morgan fingerprint density at radius 2 is 1.95 bits per heavy atom. The van der Waals surface area contributed by atoms with Crippen LogP contribution in [-0.4, -0.2) is 37.8 Å². The average molecular weight is 301 g/mol. The predicted molar refractivity (Wildman–Crippen MR) is 79.1 cm³/mol. The van der Waals surface area contributed by atoms with Crippen molar-refractivity contribution in [2.24, 2.45) is 0 Å². The summed E-state index contributed by atoms with van der Waals surface area (Å²) in [5, 5.41) is 7.09. The molecule has 2 aromatic heterocycles. The maximum atomic E-state index is 11.9. The molecule has 2 heterocycles. The number of nitrogens with zero attached hydrogens (tertiary/aromatic N) is 4. The summed E-state index contributed by atoms with van der Waals surface area (Å²) in [6.07, 6.45) is 10.5. The maximum Gasteiger partial charge on any atom is 0.316 e. The minimum absolute atomic E-state index is 0.000499. The molecule has 0 unspecified atom stereocenters. The van der Waals surface area contributed by atoms with Crippen molar-refractivity contribution in [3.8, 4) is 6.01 Å². The Kier molecular flexibility index (Phi) is 4.62. The van der Waals surface area contributed by atoms with Crippen molar-refractivity contribution in [2.75, 3.05) is 0 Å². The van der Waals surface area contributed by atoms with E-state index in [1.807, 2.05) is 6.07 Å². The number of rotatable bonds is 5. The van der Waals surface area contributed by atoms with Crippen LogP contribution in [0.5, 0.6) is 6.01 Å². The molecule has 116 valence electrons. The van der Waals surface area contributed by atoms with Gasteiger partial charge in [-0.1, -0.05) is 0 Å². The van der Waals surface area contributed by atoms with Gasteiger partial charge in [0.15, 0.2) is 0 Å². The van der Waals surface area contributed by atoms with Gasteiger partial charge in [-0.25, -0.2) is 9.97 Å². The molecule has 22 heavy (non-hydrogen) atoms. The molecule has 0 atom stereocenters. The number of ether oxygens (including phenoxy) is 1. The molecule has 0 aromatic carbocycles. The lowest BCUT2D eigenvalue weighted by Gasteiger charge is -2.28. The van der Waals surface area contributed by atoms with E-state index in [1.165, 1.54) is 0 Å². The van der Waals surface area contributed by atoms with Crippen molar-refractivity contribution in [1.29, 1.82) is 0 Å². The first kappa shape index (κ1) is 14.5. The molecule has 2 aromatic rings. The van der Waals surface area contributed by atoms with Crippen LogP contribution in [0, 0.1) is 0 Å². The second kappa shape index (κ2) is 7.02.